The minimum atomic E-state index is -0.209. The van der Waals surface area contributed by atoms with E-state index in [1.54, 1.807) is 48.4 Å². The quantitative estimate of drug-likeness (QED) is 0.744. The van der Waals surface area contributed by atoms with Crippen LogP contribution in [0.15, 0.2) is 42.5 Å². The van der Waals surface area contributed by atoms with Gasteiger partial charge in [-0.3, -0.25) is 4.79 Å². The predicted molar refractivity (Wildman–Crippen MR) is 72.6 cm³/mol. The fourth-order valence-electron chi connectivity index (χ4n) is 2.17. The van der Waals surface area contributed by atoms with Gasteiger partial charge in [-0.1, -0.05) is 18.2 Å². The maximum Gasteiger partial charge on any atom is 0.218 e. The summed E-state index contributed by atoms with van der Waals surface area (Å²) in [5.41, 5.74) is 1.22. The van der Waals surface area contributed by atoms with Crippen molar-refractivity contribution < 1.29 is 19.1 Å². The van der Waals surface area contributed by atoms with E-state index in [4.69, 9.17) is 9.47 Å². The molecule has 0 unspecified atom stereocenters. The molecule has 0 fully saturated rings. The summed E-state index contributed by atoms with van der Waals surface area (Å²) in [7, 11) is 1.52. The maximum absolute atomic E-state index is 12.6. The summed E-state index contributed by atoms with van der Waals surface area (Å²) >= 11 is 0. The van der Waals surface area contributed by atoms with Crippen molar-refractivity contribution in [3.63, 3.8) is 0 Å². The largest absolute Gasteiger partial charge is 0.497 e. The molecule has 1 aliphatic heterocycles. The van der Waals surface area contributed by atoms with E-state index in [0.717, 1.165) is 0 Å². The van der Waals surface area contributed by atoms with Crippen LogP contribution in [0.2, 0.25) is 0 Å². The van der Waals surface area contributed by atoms with Gasteiger partial charge in [-0.15, -0.1) is 0 Å². The van der Waals surface area contributed by atoms with Gasteiger partial charge in [0.2, 0.25) is 5.76 Å². The van der Waals surface area contributed by atoms with Gasteiger partial charge in [0.15, 0.2) is 11.7 Å². The Morgan fingerprint density at radius 2 is 1.80 bits per heavy atom. The van der Waals surface area contributed by atoms with Crippen LogP contribution in [0.4, 0.5) is 0 Å². The number of hydrogen-bond donors (Lipinski definition) is 0. The first kappa shape index (κ1) is 12.2. The molecule has 98 valence electrons. The Labute approximate surface area is 115 Å². The standard InChI is InChI=1S/C16H10O4/c1-19-10-6-7-14-13(8-10)16(18)12-5-3-2-4-11(12)15(9-17)20-14/h2-8H,1H3. The van der Waals surface area contributed by atoms with Gasteiger partial charge in [-0.2, -0.15) is 0 Å². The second-order valence-corrected chi connectivity index (χ2v) is 4.27. The van der Waals surface area contributed by atoms with Crippen LogP contribution in [-0.2, 0) is 4.79 Å². The van der Waals surface area contributed by atoms with E-state index < -0.39 is 0 Å². The molecule has 0 amide bonds. The highest BCUT2D eigenvalue weighted by molar-refractivity contribution is 6.15. The molecule has 0 aromatic heterocycles. The molecule has 3 rings (SSSR count). The van der Waals surface area contributed by atoms with E-state index in [0.29, 0.717) is 28.2 Å². The van der Waals surface area contributed by atoms with E-state index in [1.807, 2.05) is 0 Å². The second-order valence-electron chi connectivity index (χ2n) is 4.27. The number of rotatable bonds is 1. The first-order chi connectivity index (χ1) is 9.74. The van der Waals surface area contributed by atoms with Crippen molar-refractivity contribution in [3.05, 3.63) is 59.2 Å². The average Bonchev–Trinajstić information content (AvgIpc) is 2.63. The number of methoxy groups -OCH3 is 1. The van der Waals surface area contributed by atoms with Crippen LogP contribution in [0.5, 0.6) is 11.5 Å². The summed E-state index contributed by atoms with van der Waals surface area (Å²) in [6.07, 6.45) is 0. The number of carbonyl (C=O) groups excluding carboxylic acids is 2. The van der Waals surface area contributed by atoms with Gasteiger partial charge in [0.05, 0.1) is 12.7 Å². The van der Waals surface area contributed by atoms with Gasteiger partial charge in [-0.05, 0) is 24.3 Å². The van der Waals surface area contributed by atoms with Crippen LogP contribution in [0.25, 0.3) is 5.76 Å². The smallest absolute Gasteiger partial charge is 0.218 e. The summed E-state index contributed by atoms with van der Waals surface area (Å²) in [4.78, 5) is 23.7. The third-order valence-corrected chi connectivity index (χ3v) is 3.15. The van der Waals surface area contributed by atoms with E-state index in [-0.39, 0.29) is 11.5 Å². The third kappa shape index (κ3) is 1.79. The molecule has 0 N–H and O–H groups in total. The van der Waals surface area contributed by atoms with E-state index in [1.165, 1.54) is 7.11 Å². The molecule has 0 saturated carbocycles. The fourth-order valence-corrected chi connectivity index (χ4v) is 2.17. The summed E-state index contributed by atoms with van der Waals surface area (Å²) in [6, 6.07) is 11.7. The van der Waals surface area contributed by atoms with Crippen LogP contribution in [0, 0.1) is 0 Å². The van der Waals surface area contributed by atoms with Crippen molar-refractivity contribution >= 4 is 17.5 Å². The molecule has 0 atom stereocenters. The zero-order chi connectivity index (χ0) is 14.1. The molecular weight excluding hydrogens is 256 g/mol. The number of carbonyl (C=O) groups is 1. The highest BCUT2D eigenvalue weighted by atomic mass is 16.5. The molecule has 4 nitrogen and oxygen atoms in total. The van der Waals surface area contributed by atoms with E-state index >= 15 is 0 Å². The molecule has 0 spiro atoms. The Morgan fingerprint density at radius 3 is 2.50 bits per heavy atom. The average molecular weight is 266 g/mol. The normalized spacial score (nSPS) is 12.7. The summed E-state index contributed by atoms with van der Waals surface area (Å²) in [6.45, 7) is 0. The molecule has 1 aliphatic rings. The maximum atomic E-state index is 12.6. The summed E-state index contributed by atoms with van der Waals surface area (Å²) in [5, 5.41) is 0. The lowest BCUT2D eigenvalue weighted by Gasteiger charge is -2.07. The zero-order valence-electron chi connectivity index (χ0n) is 10.7. The Hall–Kier alpha value is -2.84. The predicted octanol–water partition coefficient (Wildman–Crippen LogP) is 2.49. The summed E-state index contributed by atoms with van der Waals surface area (Å²) < 4.78 is 10.6. The number of benzene rings is 2. The molecule has 2 aromatic carbocycles. The van der Waals surface area contributed by atoms with E-state index in [9.17, 15) is 9.59 Å². The van der Waals surface area contributed by atoms with Gasteiger partial charge < -0.3 is 9.47 Å². The highest BCUT2D eigenvalue weighted by Gasteiger charge is 2.26. The van der Waals surface area contributed by atoms with Gasteiger partial charge in [0.1, 0.15) is 11.5 Å². The SMILES string of the molecule is COc1ccc2c(c1)C(=O)c1ccccc1C(=C=O)O2. The first-order valence-electron chi connectivity index (χ1n) is 5.99. The topological polar surface area (TPSA) is 52.6 Å². The van der Waals surface area contributed by atoms with Gasteiger partial charge >= 0.3 is 0 Å². The molecule has 0 radical (unpaired) electrons. The molecule has 0 bridgehead atoms. The van der Waals surface area contributed by atoms with Gasteiger partial charge in [0, 0.05) is 11.1 Å². The monoisotopic (exact) mass is 266 g/mol. The minimum absolute atomic E-state index is 0.0119. The van der Waals surface area contributed by atoms with Gasteiger partial charge in [-0.25, -0.2) is 4.79 Å². The Kier molecular flexibility index (Phi) is 2.86. The molecule has 0 aliphatic carbocycles. The molecule has 0 saturated heterocycles. The van der Waals surface area contributed by atoms with Crippen LogP contribution in [-0.4, -0.2) is 18.8 Å². The van der Waals surface area contributed by atoms with Crippen molar-refractivity contribution in [2.45, 2.75) is 0 Å². The number of hydrogen-bond acceptors (Lipinski definition) is 4. The van der Waals surface area contributed by atoms with Crippen molar-refractivity contribution in [2.24, 2.45) is 0 Å². The van der Waals surface area contributed by atoms with Gasteiger partial charge in [0.25, 0.3) is 0 Å². The Bertz CT molecular complexity index is 755. The number of ketones is 1. The van der Waals surface area contributed by atoms with Crippen LogP contribution < -0.4 is 9.47 Å². The molecule has 4 heteroatoms. The lowest BCUT2D eigenvalue weighted by atomic mass is 9.98. The minimum Gasteiger partial charge on any atom is -0.497 e. The molecule has 2 aromatic rings. The lowest BCUT2D eigenvalue weighted by Crippen LogP contribution is -2.02. The zero-order valence-corrected chi connectivity index (χ0v) is 10.7. The van der Waals surface area contributed by atoms with Crippen molar-refractivity contribution in [2.75, 3.05) is 7.11 Å². The van der Waals surface area contributed by atoms with Crippen LogP contribution in [0.1, 0.15) is 21.5 Å². The van der Waals surface area contributed by atoms with Crippen LogP contribution in [0.3, 0.4) is 0 Å². The van der Waals surface area contributed by atoms with E-state index in [2.05, 4.69) is 0 Å². The molecule has 20 heavy (non-hydrogen) atoms. The lowest BCUT2D eigenvalue weighted by molar-refractivity contribution is 0.103. The third-order valence-electron chi connectivity index (χ3n) is 3.15. The van der Waals surface area contributed by atoms with Crippen molar-refractivity contribution in [3.8, 4) is 11.5 Å². The van der Waals surface area contributed by atoms with Crippen molar-refractivity contribution in [1.82, 2.24) is 0 Å². The second kappa shape index (κ2) is 4.68. The summed E-state index contributed by atoms with van der Waals surface area (Å²) in [5.74, 6) is 2.43. The molecule has 1 heterocycles. The Morgan fingerprint density at radius 1 is 1.05 bits per heavy atom. The number of fused-ring (bicyclic) bond motifs is 2. The number of ether oxygens (including phenoxy) is 2. The fraction of sp³-hybridized carbons (Fsp3) is 0.0625. The molecular formula is C16H10O4. The van der Waals surface area contributed by atoms with Crippen LogP contribution >= 0.6 is 0 Å². The van der Waals surface area contributed by atoms with Crippen molar-refractivity contribution in [1.29, 1.82) is 0 Å². The first-order valence-corrected chi connectivity index (χ1v) is 5.99. The Balaban J connectivity index is 2.29. The highest BCUT2D eigenvalue weighted by Crippen LogP contribution is 2.34.